The highest BCUT2D eigenvalue weighted by atomic mass is 16.3. The summed E-state index contributed by atoms with van der Waals surface area (Å²) in [7, 11) is 0. The summed E-state index contributed by atoms with van der Waals surface area (Å²) in [4.78, 5) is 42.0. The van der Waals surface area contributed by atoms with E-state index in [0.29, 0.717) is 126 Å². The molecule has 6 unspecified atom stereocenters. The van der Waals surface area contributed by atoms with Crippen molar-refractivity contribution < 1.29 is 29.7 Å². The van der Waals surface area contributed by atoms with Crippen molar-refractivity contribution in [1.29, 1.82) is 0 Å². The van der Waals surface area contributed by atoms with Gasteiger partial charge in [0.25, 0.3) is 0 Å². The van der Waals surface area contributed by atoms with Gasteiger partial charge >= 0.3 is 0 Å². The van der Waals surface area contributed by atoms with Crippen LogP contribution >= 0.6 is 0 Å². The molecule has 9 nitrogen and oxygen atoms in total. The first kappa shape index (κ1) is 58.3. The maximum Gasteiger partial charge on any atom is 0.220 e. The third-order valence-corrected chi connectivity index (χ3v) is 32.2. The molecule has 81 heavy (non-hydrogen) atoms. The summed E-state index contributed by atoms with van der Waals surface area (Å²) in [6, 6.07) is 0.705. The fourth-order valence-corrected chi connectivity index (χ4v) is 27.5. The maximum absolute atomic E-state index is 14.0. The van der Waals surface area contributed by atoms with Gasteiger partial charge in [-0.1, -0.05) is 62.3 Å². The third-order valence-electron chi connectivity index (χ3n) is 32.2. The van der Waals surface area contributed by atoms with Gasteiger partial charge in [-0.3, -0.25) is 14.4 Å². The standard InChI is InChI=1S/C72H117N3O6/c1-40-10-25-64(79)73-46-28-31-68(5)44(34-46)14-17-50-56-23-20-53(71(56,8)62(77)38-59(50)68)42(3)12-27-66(81)75-48-30-33-69(6)45(36-48)15-18-51-57-24-21-54(72(57,9)63(78)39-60(51)69)41(2)11-26-65(80)74-47-29-32-67(4)43(35-47)13-16-49-55-22-19-52(40)70(55,7)61(76)37-58(49)67/h40-63,76-78H,10-39H2,1-9H3,(H,73,79)(H,74,80)(H,75,81)/t40-,41-,42-,43?,44?,45?,46?,47?,48?,49+,50+,51+,52-,53-,54-,55+,56+,57+,58+,59+,60+,61+,62+,63+,67+,68+,69+,70-,71-,72-/m1/s1. The molecule has 5 aliphatic heterocycles. The van der Waals surface area contributed by atoms with E-state index >= 15 is 0 Å². The van der Waals surface area contributed by atoms with Crippen LogP contribution in [-0.2, 0) is 14.4 Å². The van der Waals surface area contributed by atoms with Crippen LogP contribution in [-0.4, -0.2) is 69.5 Å². The van der Waals surface area contributed by atoms with E-state index in [4.69, 9.17) is 0 Å². The Hall–Kier alpha value is -1.71. The predicted molar refractivity (Wildman–Crippen MR) is 321 cm³/mol. The largest absolute Gasteiger partial charge is 0.393 e. The van der Waals surface area contributed by atoms with Crippen LogP contribution < -0.4 is 16.0 Å². The fourth-order valence-electron chi connectivity index (χ4n) is 27.5. The van der Waals surface area contributed by atoms with Gasteiger partial charge in [-0.15, -0.1) is 0 Å². The van der Waals surface area contributed by atoms with Crippen molar-refractivity contribution in [1.82, 2.24) is 16.0 Å². The minimum atomic E-state index is -0.312. The summed E-state index contributed by atoms with van der Waals surface area (Å²) >= 11 is 0. The van der Waals surface area contributed by atoms with Crippen LogP contribution in [0.4, 0.5) is 0 Å². The van der Waals surface area contributed by atoms with Gasteiger partial charge in [0.05, 0.1) is 18.3 Å². The van der Waals surface area contributed by atoms with Crippen LogP contribution in [0.15, 0.2) is 0 Å². The lowest BCUT2D eigenvalue weighted by atomic mass is 9.43. The van der Waals surface area contributed by atoms with E-state index in [-0.39, 0.29) is 86.6 Å². The molecule has 18 bridgehead atoms. The molecule has 3 amide bonds. The first-order chi connectivity index (χ1) is 38.5. The fraction of sp³-hybridized carbons (Fsp3) is 0.958. The van der Waals surface area contributed by atoms with Crippen LogP contribution in [0.3, 0.4) is 0 Å². The molecule has 17 rings (SSSR count). The maximum atomic E-state index is 14.0. The van der Waals surface area contributed by atoms with E-state index in [1.165, 1.54) is 57.8 Å². The molecular formula is C72H117N3O6. The highest BCUT2D eigenvalue weighted by molar-refractivity contribution is 5.77. The molecular weight excluding hydrogens is 1000 g/mol. The highest BCUT2D eigenvalue weighted by Gasteiger charge is 2.67. The minimum absolute atomic E-state index is 0.104. The zero-order valence-corrected chi connectivity index (χ0v) is 52.6. The Morgan fingerprint density at radius 2 is 0.580 bits per heavy atom. The van der Waals surface area contributed by atoms with Crippen LogP contribution in [0.1, 0.15) is 255 Å². The van der Waals surface area contributed by atoms with E-state index < -0.39 is 0 Å². The number of aliphatic hydroxyl groups is 3. The molecule has 0 aromatic carbocycles. The molecule has 17 aliphatic rings. The quantitative estimate of drug-likeness (QED) is 0.142. The molecule has 9 heteroatoms. The van der Waals surface area contributed by atoms with E-state index in [1.807, 2.05) is 0 Å². The number of carbonyl (C=O) groups excluding carboxylic acids is 3. The average molecular weight is 1120 g/mol. The van der Waals surface area contributed by atoms with E-state index in [0.717, 1.165) is 116 Å². The smallest absolute Gasteiger partial charge is 0.220 e. The Morgan fingerprint density at radius 3 is 0.852 bits per heavy atom. The summed E-state index contributed by atoms with van der Waals surface area (Å²) in [5.41, 5.74) is 0.282. The normalized spacial score (nSPS) is 57.6. The number of nitrogens with one attached hydrogen (secondary N) is 3. The Labute approximate surface area is 491 Å². The number of hydrogen-bond donors (Lipinski definition) is 6. The SMILES string of the molecule is C[C@@H]1CCC(=O)NC2CC[C@@]3(C)C(CC[C@H]4[C@@H]5CC[C@H]([C@H](C)CCC(=O)NC6CC[C@@]7(C)C(CC[C@H]8[C@@H]9CC[C@H]([C@H](C)CCC(=O)NC%10CC[C@@]%11(C)C(CC[C@H]%12[C@@H]%13CC[C@H]1[C@@]%13(C)[C@@H](O)C[C@@H]%12%11)C%10)[C@@]9(C)[C@@H](O)C[C@@H]87)C6)[C@@]5(C)[C@@H](O)C[C@@H]43)C2. The Balaban J connectivity index is 0.706. The topological polar surface area (TPSA) is 148 Å². The lowest BCUT2D eigenvalue weighted by Crippen LogP contribution is -2.59. The molecule has 12 saturated carbocycles. The van der Waals surface area contributed by atoms with Gasteiger partial charge in [0, 0.05) is 37.4 Å². The van der Waals surface area contributed by atoms with E-state index in [2.05, 4.69) is 78.3 Å². The number of hydrogen-bond acceptors (Lipinski definition) is 6. The second-order valence-electron chi connectivity index (χ2n) is 34.5. The van der Waals surface area contributed by atoms with Crippen molar-refractivity contribution in [2.24, 2.45) is 139 Å². The molecule has 5 heterocycles. The molecule has 12 aliphatic carbocycles. The summed E-state index contributed by atoms with van der Waals surface area (Å²) in [5, 5.41) is 48.3. The van der Waals surface area contributed by atoms with Crippen molar-refractivity contribution in [3.63, 3.8) is 0 Å². The first-order valence-electron chi connectivity index (χ1n) is 35.4. The second kappa shape index (κ2) is 21.3. The van der Waals surface area contributed by atoms with Gasteiger partial charge in [-0.25, -0.2) is 0 Å². The van der Waals surface area contributed by atoms with Crippen LogP contribution in [0.25, 0.3) is 0 Å². The van der Waals surface area contributed by atoms with Crippen molar-refractivity contribution in [3.05, 3.63) is 0 Å². The van der Waals surface area contributed by atoms with Gasteiger partial charge < -0.3 is 31.3 Å². The molecule has 0 aromatic rings. The number of carbonyl (C=O) groups is 3. The molecule has 0 aromatic heterocycles. The zero-order valence-electron chi connectivity index (χ0n) is 52.6. The minimum Gasteiger partial charge on any atom is -0.393 e. The summed E-state index contributed by atoms with van der Waals surface area (Å²) in [6.07, 6.45) is 30.4. The molecule has 5 saturated heterocycles. The average Bonchev–Trinajstić information content (AvgIpc) is 2.61. The molecule has 456 valence electrons. The summed E-state index contributed by atoms with van der Waals surface area (Å²) in [6.45, 7) is 22.3. The third kappa shape index (κ3) is 9.14. The van der Waals surface area contributed by atoms with Crippen molar-refractivity contribution in [3.8, 4) is 0 Å². The van der Waals surface area contributed by atoms with Gasteiger partial charge in [-0.2, -0.15) is 0 Å². The lowest BCUT2D eigenvalue weighted by Gasteiger charge is -2.62. The van der Waals surface area contributed by atoms with Gasteiger partial charge in [0.15, 0.2) is 0 Å². The summed E-state index contributed by atoms with van der Waals surface area (Å²) in [5.74, 6) is 10.0. The van der Waals surface area contributed by atoms with Crippen LogP contribution in [0.2, 0.25) is 0 Å². The van der Waals surface area contributed by atoms with Crippen molar-refractivity contribution >= 4 is 17.7 Å². The van der Waals surface area contributed by atoms with Crippen LogP contribution in [0.5, 0.6) is 0 Å². The zero-order chi connectivity index (χ0) is 56.9. The van der Waals surface area contributed by atoms with Crippen molar-refractivity contribution in [2.45, 2.75) is 291 Å². The second-order valence-corrected chi connectivity index (χ2v) is 34.5. The van der Waals surface area contributed by atoms with Crippen molar-refractivity contribution in [2.75, 3.05) is 0 Å². The molecule has 0 spiro atoms. The number of aliphatic hydroxyl groups excluding tert-OH is 3. The van der Waals surface area contributed by atoms with Crippen LogP contribution in [0, 0.1) is 139 Å². The highest BCUT2D eigenvalue weighted by Crippen LogP contribution is 2.72. The Bertz CT molecular complexity index is 2110. The molecule has 17 fully saturated rings. The first-order valence-corrected chi connectivity index (χ1v) is 35.4. The lowest BCUT2D eigenvalue weighted by molar-refractivity contribution is -0.171. The van der Waals surface area contributed by atoms with Gasteiger partial charge in [0.1, 0.15) is 0 Å². The molecule has 6 N–H and O–H groups in total. The molecule has 30 atom stereocenters. The van der Waals surface area contributed by atoms with Gasteiger partial charge in [0.2, 0.25) is 17.7 Å². The summed E-state index contributed by atoms with van der Waals surface area (Å²) < 4.78 is 0. The number of rotatable bonds is 0. The monoisotopic (exact) mass is 1120 g/mol. The van der Waals surface area contributed by atoms with E-state index in [1.54, 1.807) is 0 Å². The predicted octanol–water partition coefficient (Wildman–Crippen LogP) is 13.6. The Kier molecular flexibility index (Phi) is 15.3. The van der Waals surface area contributed by atoms with Gasteiger partial charge in [-0.05, 0) is 312 Å². The Morgan fingerprint density at radius 1 is 0.321 bits per heavy atom. The number of amides is 3. The number of fused-ring (bicyclic) bond motifs is 3. The van der Waals surface area contributed by atoms with E-state index in [9.17, 15) is 29.7 Å². The molecule has 0 radical (unpaired) electrons.